The summed E-state index contributed by atoms with van der Waals surface area (Å²) in [5.74, 6) is 0.468. The van der Waals surface area contributed by atoms with Crippen molar-refractivity contribution >= 4 is 17.5 Å². The Hall–Kier alpha value is -2.32. The first-order valence-electron chi connectivity index (χ1n) is 9.97. The van der Waals surface area contributed by atoms with Crippen LogP contribution in [-0.4, -0.2) is 36.3 Å². The fourth-order valence-electron chi connectivity index (χ4n) is 3.40. The molecule has 0 saturated heterocycles. The molecule has 0 bridgehead atoms. The molecule has 1 aromatic heterocycles. The number of aromatic nitrogens is 1. The quantitative estimate of drug-likeness (QED) is 0.599. The van der Waals surface area contributed by atoms with Gasteiger partial charge in [0.05, 0.1) is 24.9 Å². The maximum Gasteiger partial charge on any atom is 0.416 e. The molecule has 1 aliphatic rings. The van der Waals surface area contributed by atoms with Gasteiger partial charge in [0.2, 0.25) is 11.8 Å². The lowest BCUT2D eigenvalue weighted by Gasteiger charge is -2.35. The first-order chi connectivity index (χ1) is 14.6. The molecule has 9 heteroatoms. The SMILES string of the molecule is CC(=O)N[C@@H](C)COC1CC(COc2nccc(-c3ccc(C(F)(F)F)cc3)c2Cl)C1. The summed E-state index contributed by atoms with van der Waals surface area (Å²) in [6.45, 7) is 4.24. The van der Waals surface area contributed by atoms with Gasteiger partial charge in [-0.15, -0.1) is 0 Å². The van der Waals surface area contributed by atoms with E-state index in [1.165, 1.54) is 25.3 Å². The normalized spacial score (nSPS) is 19.4. The van der Waals surface area contributed by atoms with Crippen LogP contribution in [0.25, 0.3) is 11.1 Å². The smallest absolute Gasteiger partial charge is 0.416 e. The summed E-state index contributed by atoms with van der Waals surface area (Å²) in [5.41, 5.74) is 0.393. The molecule has 31 heavy (non-hydrogen) atoms. The van der Waals surface area contributed by atoms with E-state index in [0.29, 0.717) is 30.3 Å². The van der Waals surface area contributed by atoms with E-state index >= 15 is 0 Å². The van der Waals surface area contributed by atoms with Gasteiger partial charge in [-0.05, 0) is 49.4 Å². The number of amides is 1. The summed E-state index contributed by atoms with van der Waals surface area (Å²) in [6, 6.07) is 6.40. The fraction of sp³-hybridized carbons (Fsp3) is 0.455. The number of nitrogens with one attached hydrogen (secondary N) is 1. The van der Waals surface area contributed by atoms with Gasteiger partial charge in [-0.2, -0.15) is 13.2 Å². The summed E-state index contributed by atoms with van der Waals surface area (Å²) in [6.07, 6.45) is -1.07. The van der Waals surface area contributed by atoms with Crippen molar-refractivity contribution in [1.29, 1.82) is 0 Å². The zero-order valence-electron chi connectivity index (χ0n) is 17.2. The van der Waals surface area contributed by atoms with Crippen molar-refractivity contribution in [3.05, 3.63) is 47.1 Å². The number of pyridine rings is 1. The number of hydrogen-bond donors (Lipinski definition) is 1. The lowest BCUT2D eigenvalue weighted by atomic mass is 9.83. The molecule has 1 heterocycles. The summed E-state index contributed by atoms with van der Waals surface area (Å²) in [7, 11) is 0. The van der Waals surface area contributed by atoms with Gasteiger partial charge in [0.1, 0.15) is 5.02 Å². The van der Waals surface area contributed by atoms with E-state index in [1.807, 2.05) is 6.92 Å². The molecular weight excluding hydrogens is 433 g/mol. The van der Waals surface area contributed by atoms with Crippen LogP contribution in [-0.2, 0) is 15.7 Å². The number of halogens is 4. The lowest BCUT2D eigenvalue weighted by molar-refractivity contribution is -0.137. The number of carbonyl (C=O) groups is 1. The van der Waals surface area contributed by atoms with Crippen molar-refractivity contribution in [2.75, 3.05) is 13.2 Å². The van der Waals surface area contributed by atoms with Crippen LogP contribution in [0.4, 0.5) is 13.2 Å². The van der Waals surface area contributed by atoms with Crippen LogP contribution in [0.2, 0.25) is 5.02 Å². The van der Waals surface area contributed by atoms with Gasteiger partial charge in [0.15, 0.2) is 0 Å². The predicted molar refractivity (Wildman–Crippen MR) is 111 cm³/mol. The Kier molecular flexibility index (Phi) is 7.43. The molecule has 1 amide bonds. The maximum atomic E-state index is 12.8. The molecule has 5 nitrogen and oxygen atoms in total. The highest BCUT2D eigenvalue weighted by molar-refractivity contribution is 6.34. The molecule has 0 unspecified atom stereocenters. The molecule has 1 fully saturated rings. The summed E-state index contributed by atoms with van der Waals surface area (Å²) >= 11 is 6.40. The minimum atomic E-state index is -4.39. The Morgan fingerprint density at radius 1 is 1.26 bits per heavy atom. The number of rotatable bonds is 8. The van der Waals surface area contributed by atoms with Crippen molar-refractivity contribution < 1.29 is 27.4 Å². The van der Waals surface area contributed by atoms with Crippen LogP contribution in [0.15, 0.2) is 36.5 Å². The van der Waals surface area contributed by atoms with E-state index in [9.17, 15) is 18.0 Å². The molecule has 1 aliphatic carbocycles. The summed E-state index contributed by atoms with van der Waals surface area (Å²) in [5, 5.41) is 3.03. The molecular formula is C22H24ClF3N2O3. The minimum Gasteiger partial charge on any atom is -0.476 e. The molecule has 0 spiro atoms. The second-order valence-electron chi connectivity index (χ2n) is 7.76. The number of alkyl halides is 3. The minimum absolute atomic E-state index is 0.0382. The average Bonchev–Trinajstić information content (AvgIpc) is 2.66. The number of nitrogens with zero attached hydrogens (tertiary/aromatic N) is 1. The van der Waals surface area contributed by atoms with Gasteiger partial charge >= 0.3 is 6.18 Å². The molecule has 0 aliphatic heterocycles. The van der Waals surface area contributed by atoms with Crippen molar-refractivity contribution in [2.24, 2.45) is 5.92 Å². The second-order valence-corrected chi connectivity index (χ2v) is 8.14. The van der Waals surface area contributed by atoms with E-state index in [-0.39, 0.29) is 29.0 Å². The van der Waals surface area contributed by atoms with Crippen molar-refractivity contribution in [3.8, 4) is 17.0 Å². The van der Waals surface area contributed by atoms with Crippen LogP contribution < -0.4 is 10.1 Å². The highest BCUT2D eigenvalue weighted by Crippen LogP contribution is 2.37. The molecule has 168 valence electrons. The van der Waals surface area contributed by atoms with Gasteiger partial charge in [-0.1, -0.05) is 23.7 Å². The van der Waals surface area contributed by atoms with Gasteiger partial charge in [-0.25, -0.2) is 4.98 Å². The van der Waals surface area contributed by atoms with Crippen LogP contribution in [0.1, 0.15) is 32.3 Å². The third-order valence-corrected chi connectivity index (χ3v) is 5.43. The molecule has 1 atom stereocenters. The van der Waals surface area contributed by atoms with Crippen molar-refractivity contribution in [3.63, 3.8) is 0 Å². The Morgan fingerprint density at radius 3 is 2.55 bits per heavy atom. The average molecular weight is 457 g/mol. The monoisotopic (exact) mass is 456 g/mol. The molecule has 2 aromatic rings. The Morgan fingerprint density at radius 2 is 1.94 bits per heavy atom. The summed E-state index contributed by atoms with van der Waals surface area (Å²) in [4.78, 5) is 15.2. The van der Waals surface area contributed by atoms with Gasteiger partial charge in [0, 0.05) is 24.7 Å². The standard InChI is InChI=1S/C22H24ClF3N2O3/c1-13(28-14(2)29)11-30-18-9-15(10-18)12-31-21-20(23)19(7-8-27-21)16-3-5-17(6-4-16)22(24,25)26/h3-8,13,15,18H,9-12H2,1-2H3,(H,28,29)/t13-,15?,18?/m0/s1. The molecule has 1 saturated carbocycles. The van der Waals surface area contributed by atoms with Gasteiger partial charge in [-0.3, -0.25) is 4.79 Å². The van der Waals surface area contributed by atoms with E-state index in [0.717, 1.165) is 25.0 Å². The summed E-state index contributed by atoms with van der Waals surface area (Å²) < 4.78 is 49.8. The third kappa shape index (κ3) is 6.33. The molecule has 3 rings (SSSR count). The Bertz CT molecular complexity index is 900. The topological polar surface area (TPSA) is 60.5 Å². The lowest BCUT2D eigenvalue weighted by Crippen LogP contribution is -2.40. The van der Waals surface area contributed by atoms with E-state index in [4.69, 9.17) is 21.1 Å². The van der Waals surface area contributed by atoms with E-state index in [2.05, 4.69) is 10.3 Å². The Labute approximate surface area is 183 Å². The zero-order chi connectivity index (χ0) is 22.6. The number of benzene rings is 1. The first kappa shape index (κ1) is 23.3. The predicted octanol–water partition coefficient (Wildman–Crippen LogP) is 5.12. The number of carbonyl (C=O) groups excluding carboxylic acids is 1. The zero-order valence-corrected chi connectivity index (χ0v) is 18.0. The van der Waals surface area contributed by atoms with Crippen molar-refractivity contribution in [1.82, 2.24) is 10.3 Å². The van der Waals surface area contributed by atoms with E-state index < -0.39 is 11.7 Å². The fourth-order valence-corrected chi connectivity index (χ4v) is 3.67. The largest absolute Gasteiger partial charge is 0.476 e. The first-order valence-corrected chi connectivity index (χ1v) is 10.3. The van der Waals surface area contributed by atoms with Gasteiger partial charge in [0.25, 0.3) is 0 Å². The third-order valence-electron chi connectivity index (χ3n) is 5.06. The molecule has 1 aromatic carbocycles. The molecule has 1 N–H and O–H groups in total. The molecule has 0 radical (unpaired) electrons. The van der Waals surface area contributed by atoms with Crippen molar-refractivity contribution in [2.45, 2.75) is 45.0 Å². The van der Waals surface area contributed by atoms with Crippen LogP contribution in [0.3, 0.4) is 0 Å². The van der Waals surface area contributed by atoms with Crippen LogP contribution in [0, 0.1) is 5.92 Å². The maximum absolute atomic E-state index is 12.8. The number of ether oxygens (including phenoxy) is 2. The van der Waals surface area contributed by atoms with E-state index in [1.54, 1.807) is 6.07 Å². The Balaban J connectivity index is 1.51. The highest BCUT2D eigenvalue weighted by atomic mass is 35.5. The van der Waals surface area contributed by atoms with Gasteiger partial charge < -0.3 is 14.8 Å². The van der Waals surface area contributed by atoms with Crippen LogP contribution >= 0.6 is 11.6 Å². The van der Waals surface area contributed by atoms with Crippen LogP contribution in [0.5, 0.6) is 5.88 Å². The number of hydrogen-bond acceptors (Lipinski definition) is 4. The highest BCUT2D eigenvalue weighted by Gasteiger charge is 2.32. The second kappa shape index (κ2) is 9.87.